The maximum Gasteiger partial charge on any atom is 0.323 e. The highest BCUT2D eigenvalue weighted by molar-refractivity contribution is 5.78. The van der Waals surface area contributed by atoms with E-state index in [2.05, 4.69) is 10.2 Å². The van der Waals surface area contributed by atoms with Gasteiger partial charge in [-0.15, -0.1) is 0 Å². The van der Waals surface area contributed by atoms with Crippen LogP contribution in [0.15, 0.2) is 0 Å². The lowest BCUT2D eigenvalue weighted by Gasteiger charge is -2.29. The topological polar surface area (TPSA) is 52.6 Å². The predicted molar refractivity (Wildman–Crippen MR) is 62.1 cm³/mol. The summed E-state index contributed by atoms with van der Waals surface area (Å²) in [7, 11) is 3.99. The number of aliphatic carboxylic acids is 1. The number of rotatable bonds is 7. The van der Waals surface area contributed by atoms with Crippen molar-refractivity contribution >= 4 is 5.97 Å². The Bertz CT molecular complexity index is 205. The first-order chi connectivity index (χ1) is 6.78. The molecule has 0 bridgehead atoms. The monoisotopic (exact) mass is 216 g/mol. The zero-order valence-corrected chi connectivity index (χ0v) is 10.5. The van der Waals surface area contributed by atoms with Crippen molar-refractivity contribution in [3.05, 3.63) is 0 Å². The van der Waals surface area contributed by atoms with Crippen LogP contribution in [0.2, 0.25) is 0 Å². The van der Waals surface area contributed by atoms with E-state index in [-0.39, 0.29) is 6.04 Å². The van der Waals surface area contributed by atoms with Gasteiger partial charge in [0, 0.05) is 6.04 Å². The van der Waals surface area contributed by atoms with Crippen LogP contribution in [0.25, 0.3) is 0 Å². The second-order valence-electron chi connectivity index (χ2n) is 4.84. The first-order valence-electron chi connectivity index (χ1n) is 5.44. The molecule has 0 rings (SSSR count). The van der Waals surface area contributed by atoms with Crippen LogP contribution in [0.4, 0.5) is 0 Å². The van der Waals surface area contributed by atoms with Gasteiger partial charge in [-0.25, -0.2) is 0 Å². The fraction of sp³-hybridized carbons (Fsp3) is 0.909. The van der Waals surface area contributed by atoms with Crippen LogP contribution < -0.4 is 5.32 Å². The van der Waals surface area contributed by atoms with Gasteiger partial charge in [-0.3, -0.25) is 10.1 Å². The standard InChI is InChI=1S/C11H24N2O2/c1-9(2)12-11(3,10(14)15)7-6-8-13(4)5/h9,12H,6-8H2,1-5H3,(H,14,15). The molecule has 0 fully saturated rings. The van der Waals surface area contributed by atoms with E-state index < -0.39 is 11.5 Å². The molecular formula is C11H24N2O2. The molecule has 4 heteroatoms. The molecule has 15 heavy (non-hydrogen) atoms. The molecule has 0 radical (unpaired) electrons. The van der Waals surface area contributed by atoms with Crippen LogP contribution in [-0.2, 0) is 4.79 Å². The van der Waals surface area contributed by atoms with E-state index >= 15 is 0 Å². The predicted octanol–water partition coefficient (Wildman–Crippen LogP) is 1.17. The molecule has 0 saturated heterocycles. The van der Waals surface area contributed by atoms with E-state index in [1.165, 1.54) is 0 Å². The second-order valence-corrected chi connectivity index (χ2v) is 4.84. The van der Waals surface area contributed by atoms with E-state index in [9.17, 15) is 9.90 Å². The van der Waals surface area contributed by atoms with Gasteiger partial charge in [0.1, 0.15) is 5.54 Å². The summed E-state index contributed by atoms with van der Waals surface area (Å²) in [6.07, 6.45) is 1.54. The van der Waals surface area contributed by atoms with Crippen molar-refractivity contribution < 1.29 is 9.90 Å². The molecule has 0 aromatic heterocycles. The van der Waals surface area contributed by atoms with Gasteiger partial charge in [0.2, 0.25) is 0 Å². The van der Waals surface area contributed by atoms with Gasteiger partial charge in [-0.05, 0) is 54.3 Å². The summed E-state index contributed by atoms with van der Waals surface area (Å²) in [6.45, 7) is 6.61. The number of carboxylic acids is 1. The minimum absolute atomic E-state index is 0.186. The zero-order chi connectivity index (χ0) is 12.1. The Labute approximate surface area is 92.7 Å². The first kappa shape index (κ1) is 14.4. The van der Waals surface area contributed by atoms with Crippen molar-refractivity contribution in [3.63, 3.8) is 0 Å². The number of hydrogen-bond donors (Lipinski definition) is 2. The highest BCUT2D eigenvalue weighted by Crippen LogP contribution is 2.14. The average molecular weight is 216 g/mol. The molecule has 1 atom stereocenters. The zero-order valence-electron chi connectivity index (χ0n) is 10.5. The molecular weight excluding hydrogens is 192 g/mol. The molecule has 0 heterocycles. The summed E-state index contributed by atoms with van der Waals surface area (Å²) in [6, 6.07) is 0.186. The molecule has 4 nitrogen and oxygen atoms in total. The second kappa shape index (κ2) is 6.08. The highest BCUT2D eigenvalue weighted by atomic mass is 16.4. The average Bonchev–Trinajstić information content (AvgIpc) is 2.01. The molecule has 2 N–H and O–H groups in total. The van der Waals surface area contributed by atoms with Gasteiger partial charge in [0.25, 0.3) is 0 Å². The summed E-state index contributed by atoms with van der Waals surface area (Å²) in [5.74, 6) is -0.769. The third-order valence-electron chi connectivity index (χ3n) is 2.36. The van der Waals surface area contributed by atoms with E-state index in [4.69, 9.17) is 0 Å². The summed E-state index contributed by atoms with van der Waals surface area (Å²) in [5.41, 5.74) is -0.801. The van der Waals surface area contributed by atoms with E-state index in [1.54, 1.807) is 6.92 Å². The molecule has 0 saturated carbocycles. The molecule has 90 valence electrons. The van der Waals surface area contributed by atoms with Gasteiger partial charge < -0.3 is 10.0 Å². The SMILES string of the molecule is CC(C)NC(C)(CCCN(C)C)C(=O)O. The van der Waals surface area contributed by atoms with Crippen LogP contribution in [0.3, 0.4) is 0 Å². The van der Waals surface area contributed by atoms with Gasteiger partial charge in [0.15, 0.2) is 0 Å². The van der Waals surface area contributed by atoms with Crippen LogP contribution in [0.1, 0.15) is 33.6 Å². The highest BCUT2D eigenvalue weighted by Gasteiger charge is 2.32. The molecule has 0 aliphatic rings. The summed E-state index contributed by atoms with van der Waals surface area (Å²) in [5, 5.41) is 12.3. The van der Waals surface area contributed by atoms with Crippen molar-refractivity contribution in [1.29, 1.82) is 0 Å². The summed E-state index contributed by atoms with van der Waals surface area (Å²) >= 11 is 0. The van der Waals surface area contributed by atoms with Gasteiger partial charge >= 0.3 is 5.97 Å². The minimum atomic E-state index is -0.801. The van der Waals surface area contributed by atoms with E-state index in [0.29, 0.717) is 6.42 Å². The third kappa shape index (κ3) is 5.74. The summed E-state index contributed by atoms with van der Waals surface area (Å²) in [4.78, 5) is 13.2. The van der Waals surface area contributed by atoms with E-state index in [0.717, 1.165) is 13.0 Å². The normalized spacial score (nSPS) is 15.7. The van der Waals surface area contributed by atoms with E-state index in [1.807, 2.05) is 27.9 Å². The number of nitrogens with one attached hydrogen (secondary N) is 1. The maximum atomic E-state index is 11.2. The first-order valence-corrected chi connectivity index (χ1v) is 5.44. The lowest BCUT2D eigenvalue weighted by atomic mass is 9.95. The van der Waals surface area contributed by atoms with Crippen LogP contribution in [0, 0.1) is 0 Å². The Morgan fingerprint density at radius 3 is 2.33 bits per heavy atom. The van der Waals surface area contributed by atoms with Crippen LogP contribution in [-0.4, -0.2) is 48.2 Å². The Balaban J connectivity index is 4.20. The largest absolute Gasteiger partial charge is 0.480 e. The fourth-order valence-electron chi connectivity index (χ4n) is 1.63. The van der Waals surface area contributed by atoms with Crippen molar-refractivity contribution in [1.82, 2.24) is 10.2 Å². The molecule has 0 aromatic rings. The maximum absolute atomic E-state index is 11.2. The fourth-order valence-corrected chi connectivity index (χ4v) is 1.63. The molecule has 0 aromatic carbocycles. The lowest BCUT2D eigenvalue weighted by molar-refractivity contribution is -0.144. The van der Waals surface area contributed by atoms with Gasteiger partial charge in [-0.2, -0.15) is 0 Å². The van der Waals surface area contributed by atoms with Crippen molar-refractivity contribution in [2.45, 2.75) is 45.2 Å². The molecule has 0 aliphatic heterocycles. The van der Waals surface area contributed by atoms with Crippen LogP contribution in [0.5, 0.6) is 0 Å². The number of carbonyl (C=O) groups is 1. The Morgan fingerprint density at radius 2 is 2.00 bits per heavy atom. The molecule has 0 amide bonds. The summed E-state index contributed by atoms with van der Waals surface area (Å²) < 4.78 is 0. The smallest absolute Gasteiger partial charge is 0.323 e. The number of nitrogens with zero attached hydrogens (tertiary/aromatic N) is 1. The van der Waals surface area contributed by atoms with Crippen LogP contribution >= 0.6 is 0 Å². The van der Waals surface area contributed by atoms with Crippen molar-refractivity contribution in [2.75, 3.05) is 20.6 Å². The minimum Gasteiger partial charge on any atom is -0.480 e. The van der Waals surface area contributed by atoms with Gasteiger partial charge in [-0.1, -0.05) is 0 Å². The molecule has 1 unspecified atom stereocenters. The number of hydrogen-bond acceptors (Lipinski definition) is 3. The lowest BCUT2D eigenvalue weighted by Crippen LogP contribution is -2.52. The van der Waals surface area contributed by atoms with Crippen molar-refractivity contribution in [3.8, 4) is 0 Å². The third-order valence-corrected chi connectivity index (χ3v) is 2.36. The van der Waals surface area contributed by atoms with Gasteiger partial charge in [0.05, 0.1) is 0 Å². The quantitative estimate of drug-likeness (QED) is 0.671. The molecule has 0 spiro atoms. The number of carboxylic acid groups (broad SMARTS) is 1. The Morgan fingerprint density at radius 1 is 1.47 bits per heavy atom. The Kier molecular flexibility index (Phi) is 5.83. The van der Waals surface area contributed by atoms with Crippen molar-refractivity contribution in [2.24, 2.45) is 0 Å². The Hall–Kier alpha value is -0.610. The molecule has 0 aliphatic carbocycles.